The molecule has 1 heterocycles. The molecule has 34 heavy (non-hydrogen) atoms. The van der Waals surface area contributed by atoms with Crippen LogP contribution >= 0.6 is 0 Å². The Kier molecular flexibility index (Phi) is 8.29. The molecular weight excluding hydrogens is 454 g/mol. The van der Waals surface area contributed by atoms with Crippen LogP contribution in [0.1, 0.15) is 37.2 Å². The van der Waals surface area contributed by atoms with Gasteiger partial charge in [-0.3, -0.25) is 4.79 Å². The monoisotopic (exact) mass is 487 g/mol. The lowest BCUT2D eigenvalue weighted by molar-refractivity contribution is -0.121. The number of para-hydroxylation sites is 1. The molecule has 0 radical (unpaired) electrons. The summed E-state index contributed by atoms with van der Waals surface area (Å²) in [5.41, 5.74) is 2.39. The molecule has 1 amide bonds. The number of carbonyl (C=O) groups excluding carboxylic acids is 1. The Labute approximate surface area is 201 Å². The van der Waals surface area contributed by atoms with Crippen LogP contribution in [0.2, 0.25) is 0 Å². The van der Waals surface area contributed by atoms with Gasteiger partial charge in [-0.2, -0.15) is 0 Å². The van der Waals surface area contributed by atoms with Gasteiger partial charge in [0.1, 0.15) is 11.6 Å². The molecule has 0 aliphatic rings. The van der Waals surface area contributed by atoms with Gasteiger partial charge in [0.2, 0.25) is 15.9 Å². The number of nitrogens with two attached hydrogens (primary N) is 1. The third kappa shape index (κ3) is 5.94. The van der Waals surface area contributed by atoms with Crippen molar-refractivity contribution in [1.29, 1.82) is 0 Å². The van der Waals surface area contributed by atoms with E-state index in [9.17, 15) is 13.2 Å². The van der Waals surface area contributed by atoms with Gasteiger partial charge in [0.25, 0.3) is 0 Å². The Hall–Kier alpha value is -2.95. The number of likely N-dealkylation sites (N-methyl/N-ethyl adjacent to an activating group) is 1. The molecule has 0 aliphatic carbocycles. The minimum Gasteiger partial charge on any atom is -0.496 e. The Balaban J connectivity index is 1.72. The van der Waals surface area contributed by atoms with Crippen LogP contribution in [0.15, 0.2) is 47.4 Å². The highest BCUT2D eigenvalue weighted by molar-refractivity contribution is 7.89. The van der Waals surface area contributed by atoms with Crippen molar-refractivity contribution in [3.05, 3.63) is 53.9 Å². The maximum absolute atomic E-state index is 12.7. The standard InChI is InChI=1S/C24H33N5O4S/c1-5-14-29-20-11-10-17(34(25,31)32)15-19(20)27-23(29)12-13-24(30)26-16-21(28(2)3)18-8-6-7-9-22(18)33-4/h6-11,15,21H,5,12-14,16H2,1-4H3,(H,26,30)(H2,25,31,32). The number of rotatable bonds is 11. The molecule has 3 N–H and O–H groups in total. The van der Waals surface area contributed by atoms with Crippen LogP contribution in [0.25, 0.3) is 11.0 Å². The van der Waals surface area contributed by atoms with Gasteiger partial charge in [-0.15, -0.1) is 0 Å². The Morgan fingerprint density at radius 3 is 2.62 bits per heavy atom. The molecule has 2 aromatic carbocycles. The number of hydrogen-bond acceptors (Lipinski definition) is 6. The van der Waals surface area contributed by atoms with Crippen molar-refractivity contribution in [3.8, 4) is 5.75 Å². The zero-order valence-electron chi connectivity index (χ0n) is 20.1. The van der Waals surface area contributed by atoms with Crippen LogP contribution in [0.4, 0.5) is 0 Å². The molecular formula is C24H33N5O4S. The lowest BCUT2D eigenvalue weighted by Crippen LogP contribution is -2.35. The number of sulfonamides is 1. The predicted molar refractivity (Wildman–Crippen MR) is 132 cm³/mol. The Morgan fingerprint density at radius 1 is 1.24 bits per heavy atom. The van der Waals surface area contributed by atoms with E-state index in [2.05, 4.69) is 17.2 Å². The van der Waals surface area contributed by atoms with E-state index >= 15 is 0 Å². The van der Waals surface area contributed by atoms with Crippen LogP contribution in [-0.4, -0.2) is 56.5 Å². The number of nitrogens with zero attached hydrogens (tertiary/aromatic N) is 3. The Morgan fingerprint density at radius 2 is 1.97 bits per heavy atom. The van der Waals surface area contributed by atoms with Gasteiger partial charge in [-0.1, -0.05) is 25.1 Å². The van der Waals surface area contributed by atoms with Crippen LogP contribution in [0.3, 0.4) is 0 Å². The molecule has 1 atom stereocenters. The van der Waals surface area contributed by atoms with E-state index in [0.717, 1.165) is 35.6 Å². The van der Waals surface area contributed by atoms with E-state index in [1.807, 2.05) is 47.8 Å². The summed E-state index contributed by atoms with van der Waals surface area (Å²) in [6, 6.07) is 12.4. The van der Waals surface area contributed by atoms with Gasteiger partial charge in [0.05, 0.1) is 29.1 Å². The second-order valence-corrected chi connectivity index (χ2v) is 9.96. The summed E-state index contributed by atoms with van der Waals surface area (Å²) in [5.74, 6) is 1.44. The molecule has 10 heteroatoms. The van der Waals surface area contributed by atoms with Crippen molar-refractivity contribution in [2.75, 3.05) is 27.7 Å². The number of methoxy groups -OCH3 is 1. The summed E-state index contributed by atoms with van der Waals surface area (Å²) in [6.45, 7) is 3.22. The lowest BCUT2D eigenvalue weighted by atomic mass is 10.0. The Bertz CT molecular complexity index is 1250. The number of carbonyl (C=O) groups is 1. The van der Waals surface area contributed by atoms with E-state index in [1.165, 1.54) is 12.1 Å². The van der Waals surface area contributed by atoms with E-state index in [0.29, 0.717) is 18.5 Å². The minimum atomic E-state index is -3.81. The molecule has 0 fully saturated rings. The maximum atomic E-state index is 12.7. The first kappa shape index (κ1) is 25.7. The fourth-order valence-electron chi connectivity index (χ4n) is 4.04. The van der Waals surface area contributed by atoms with Crippen LogP contribution in [-0.2, 0) is 27.8 Å². The fraction of sp³-hybridized carbons (Fsp3) is 0.417. The lowest BCUT2D eigenvalue weighted by Gasteiger charge is -2.26. The molecule has 0 bridgehead atoms. The molecule has 0 saturated heterocycles. The minimum absolute atomic E-state index is 0.0245. The molecule has 184 valence electrons. The molecule has 1 aromatic heterocycles. The SMILES string of the molecule is CCCn1c(CCC(=O)NCC(c2ccccc2OC)N(C)C)nc2cc(S(N)(=O)=O)ccc21. The summed E-state index contributed by atoms with van der Waals surface area (Å²) in [5, 5.41) is 8.29. The first-order valence-corrected chi connectivity index (χ1v) is 12.8. The number of imidazole rings is 1. The van der Waals surface area contributed by atoms with Gasteiger partial charge in [-0.05, 0) is 44.8 Å². The van der Waals surface area contributed by atoms with Crippen molar-refractivity contribution in [2.24, 2.45) is 5.14 Å². The molecule has 0 saturated carbocycles. The fourth-order valence-corrected chi connectivity index (χ4v) is 4.57. The van der Waals surface area contributed by atoms with Crippen LogP contribution in [0, 0.1) is 0 Å². The number of aryl methyl sites for hydroxylation is 2. The smallest absolute Gasteiger partial charge is 0.238 e. The quantitative estimate of drug-likeness (QED) is 0.429. The molecule has 1 unspecified atom stereocenters. The summed E-state index contributed by atoms with van der Waals surface area (Å²) in [6.07, 6.45) is 1.58. The third-order valence-corrected chi connectivity index (χ3v) is 6.68. The van der Waals surface area contributed by atoms with E-state index in [1.54, 1.807) is 13.2 Å². The third-order valence-electron chi connectivity index (χ3n) is 5.76. The van der Waals surface area contributed by atoms with Crippen molar-refractivity contribution in [3.63, 3.8) is 0 Å². The first-order valence-electron chi connectivity index (χ1n) is 11.2. The number of aromatic nitrogens is 2. The van der Waals surface area contributed by atoms with Gasteiger partial charge < -0.3 is 19.5 Å². The summed E-state index contributed by atoms with van der Waals surface area (Å²) >= 11 is 0. The number of hydrogen-bond donors (Lipinski definition) is 2. The maximum Gasteiger partial charge on any atom is 0.238 e. The summed E-state index contributed by atoms with van der Waals surface area (Å²) in [7, 11) is 1.75. The molecule has 0 aliphatic heterocycles. The number of benzene rings is 2. The van der Waals surface area contributed by atoms with Crippen molar-refractivity contribution < 1.29 is 17.9 Å². The molecule has 3 rings (SSSR count). The summed E-state index contributed by atoms with van der Waals surface area (Å²) in [4.78, 5) is 19.4. The molecule has 3 aromatic rings. The number of ether oxygens (including phenoxy) is 1. The number of fused-ring (bicyclic) bond motifs is 1. The average Bonchev–Trinajstić information content (AvgIpc) is 3.14. The van der Waals surface area contributed by atoms with Crippen LogP contribution < -0.4 is 15.2 Å². The van der Waals surface area contributed by atoms with Gasteiger partial charge in [0, 0.05) is 31.5 Å². The molecule has 9 nitrogen and oxygen atoms in total. The topological polar surface area (TPSA) is 120 Å². The van der Waals surface area contributed by atoms with Crippen molar-refractivity contribution >= 4 is 27.0 Å². The van der Waals surface area contributed by atoms with Crippen molar-refractivity contribution in [1.82, 2.24) is 19.8 Å². The first-order chi connectivity index (χ1) is 16.2. The van der Waals surface area contributed by atoms with E-state index in [4.69, 9.17) is 9.88 Å². The highest BCUT2D eigenvalue weighted by Gasteiger charge is 2.20. The largest absolute Gasteiger partial charge is 0.496 e. The predicted octanol–water partition coefficient (Wildman–Crippen LogP) is 2.45. The number of amides is 1. The number of primary sulfonamides is 1. The zero-order valence-corrected chi connectivity index (χ0v) is 20.9. The van der Waals surface area contributed by atoms with Gasteiger partial charge in [-0.25, -0.2) is 18.5 Å². The van der Waals surface area contributed by atoms with Crippen LogP contribution in [0.5, 0.6) is 5.75 Å². The second kappa shape index (κ2) is 11.0. The molecule has 0 spiro atoms. The van der Waals surface area contributed by atoms with Gasteiger partial charge in [0.15, 0.2) is 0 Å². The normalized spacial score (nSPS) is 12.8. The highest BCUT2D eigenvalue weighted by Crippen LogP contribution is 2.27. The highest BCUT2D eigenvalue weighted by atomic mass is 32.2. The second-order valence-electron chi connectivity index (χ2n) is 8.40. The van der Waals surface area contributed by atoms with E-state index < -0.39 is 10.0 Å². The zero-order chi connectivity index (χ0) is 24.9. The van der Waals surface area contributed by atoms with Gasteiger partial charge >= 0.3 is 0 Å². The number of nitrogens with one attached hydrogen (secondary N) is 1. The van der Waals surface area contributed by atoms with Crippen molar-refractivity contribution in [2.45, 2.75) is 43.7 Å². The average molecular weight is 488 g/mol. The summed E-state index contributed by atoms with van der Waals surface area (Å²) < 4.78 is 30.9. The van der Waals surface area contributed by atoms with E-state index in [-0.39, 0.29) is 23.3 Å².